The number of imidazole rings is 1. The fraction of sp³-hybridized carbons (Fsp3) is 0.429. The third-order valence-electron chi connectivity index (χ3n) is 3.19. The summed E-state index contributed by atoms with van der Waals surface area (Å²) in [5.74, 6) is 1.10. The quantitative estimate of drug-likeness (QED) is 0.841. The van der Waals surface area contributed by atoms with Gasteiger partial charge >= 0.3 is 0 Å². The zero-order chi connectivity index (χ0) is 12.8. The summed E-state index contributed by atoms with van der Waals surface area (Å²) in [4.78, 5) is 8.41. The molecule has 0 aliphatic heterocycles. The molecule has 2 heterocycles. The second-order valence-corrected chi connectivity index (χ2v) is 4.65. The number of nitrogens with zero attached hydrogens (tertiary/aromatic N) is 3. The number of aromatic nitrogens is 3. The number of rotatable bonds is 6. The first kappa shape index (κ1) is 12.8. The van der Waals surface area contributed by atoms with Crippen molar-refractivity contribution in [1.29, 1.82) is 0 Å². The summed E-state index contributed by atoms with van der Waals surface area (Å²) in [7, 11) is 2.02. The normalized spacial score (nSPS) is 12.6. The molecule has 0 amide bonds. The van der Waals surface area contributed by atoms with Crippen molar-refractivity contribution in [2.45, 2.75) is 31.7 Å². The molecule has 1 atom stereocenters. The minimum absolute atomic E-state index is 0.224. The Morgan fingerprint density at radius 2 is 2.11 bits per heavy atom. The summed E-state index contributed by atoms with van der Waals surface area (Å²) < 4.78 is 2.05. The monoisotopic (exact) mass is 244 g/mol. The van der Waals surface area contributed by atoms with Crippen LogP contribution in [-0.2, 0) is 19.9 Å². The van der Waals surface area contributed by atoms with Gasteiger partial charge in [-0.2, -0.15) is 0 Å². The molecular formula is C14H20N4. The molecule has 0 aromatic carbocycles. The molecule has 0 saturated carbocycles. The van der Waals surface area contributed by atoms with Crippen molar-refractivity contribution in [1.82, 2.24) is 14.5 Å². The van der Waals surface area contributed by atoms with E-state index in [9.17, 15) is 0 Å². The summed E-state index contributed by atoms with van der Waals surface area (Å²) in [5.41, 5.74) is 7.39. The molecule has 0 spiro atoms. The molecule has 1 unspecified atom stereocenters. The Hall–Kier alpha value is -1.68. The van der Waals surface area contributed by atoms with Gasteiger partial charge in [0, 0.05) is 44.3 Å². The molecule has 96 valence electrons. The van der Waals surface area contributed by atoms with Gasteiger partial charge in [-0.3, -0.25) is 4.98 Å². The highest BCUT2D eigenvalue weighted by atomic mass is 15.0. The van der Waals surface area contributed by atoms with Crippen LogP contribution in [0.2, 0.25) is 0 Å². The van der Waals surface area contributed by atoms with E-state index in [0.29, 0.717) is 0 Å². The maximum absolute atomic E-state index is 6.13. The molecule has 2 aromatic rings. The van der Waals surface area contributed by atoms with E-state index >= 15 is 0 Å². The van der Waals surface area contributed by atoms with Crippen LogP contribution in [0, 0.1) is 0 Å². The molecule has 0 saturated heterocycles. The van der Waals surface area contributed by atoms with Gasteiger partial charge in [-0.05, 0) is 30.9 Å². The molecule has 2 aromatic heterocycles. The molecule has 0 aliphatic rings. The molecule has 0 aliphatic carbocycles. The molecule has 4 nitrogen and oxygen atoms in total. The van der Waals surface area contributed by atoms with Gasteiger partial charge in [0.2, 0.25) is 0 Å². The molecule has 18 heavy (non-hydrogen) atoms. The lowest BCUT2D eigenvalue weighted by Gasteiger charge is -2.11. The van der Waals surface area contributed by atoms with Crippen LogP contribution in [0.1, 0.15) is 24.2 Å². The summed E-state index contributed by atoms with van der Waals surface area (Å²) in [6.45, 7) is 0. The Morgan fingerprint density at radius 1 is 1.28 bits per heavy atom. The van der Waals surface area contributed by atoms with Gasteiger partial charge in [0.15, 0.2) is 0 Å². The largest absolute Gasteiger partial charge is 0.338 e. The summed E-state index contributed by atoms with van der Waals surface area (Å²) in [6, 6.07) is 4.29. The standard InChI is InChI=1S/C14H20N4/c1-18-10-9-17-14(18)7-6-13(15)5-4-12-3-2-8-16-11-12/h2-3,8-11,13H,4-7,15H2,1H3. The van der Waals surface area contributed by atoms with Gasteiger partial charge in [-0.25, -0.2) is 4.98 Å². The van der Waals surface area contributed by atoms with E-state index < -0.39 is 0 Å². The third-order valence-corrected chi connectivity index (χ3v) is 3.19. The Balaban J connectivity index is 1.73. The van der Waals surface area contributed by atoms with E-state index in [1.807, 2.05) is 36.3 Å². The molecule has 4 heteroatoms. The fourth-order valence-electron chi connectivity index (χ4n) is 1.99. The molecule has 2 rings (SSSR count). The average molecular weight is 244 g/mol. The minimum atomic E-state index is 0.224. The second kappa shape index (κ2) is 6.31. The van der Waals surface area contributed by atoms with E-state index in [1.54, 1.807) is 6.20 Å². The smallest absolute Gasteiger partial charge is 0.108 e. The van der Waals surface area contributed by atoms with Gasteiger partial charge < -0.3 is 10.3 Å². The Labute approximate surface area is 108 Å². The highest BCUT2D eigenvalue weighted by Crippen LogP contribution is 2.07. The van der Waals surface area contributed by atoms with Crippen molar-refractivity contribution in [3.05, 3.63) is 48.3 Å². The van der Waals surface area contributed by atoms with Crippen LogP contribution < -0.4 is 5.73 Å². The van der Waals surface area contributed by atoms with Gasteiger partial charge in [0.05, 0.1) is 0 Å². The van der Waals surface area contributed by atoms with E-state index in [2.05, 4.69) is 16.0 Å². The van der Waals surface area contributed by atoms with Crippen LogP contribution in [-0.4, -0.2) is 20.6 Å². The van der Waals surface area contributed by atoms with Crippen LogP contribution in [0.4, 0.5) is 0 Å². The van der Waals surface area contributed by atoms with E-state index in [-0.39, 0.29) is 6.04 Å². The zero-order valence-electron chi connectivity index (χ0n) is 10.8. The van der Waals surface area contributed by atoms with Crippen LogP contribution in [0.25, 0.3) is 0 Å². The third kappa shape index (κ3) is 3.67. The first-order valence-corrected chi connectivity index (χ1v) is 6.36. The van der Waals surface area contributed by atoms with E-state index in [1.165, 1.54) is 5.56 Å². The maximum atomic E-state index is 6.13. The van der Waals surface area contributed by atoms with E-state index in [0.717, 1.165) is 31.5 Å². The highest BCUT2D eigenvalue weighted by molar-refractivity contribution is 5.08. The first-order chi connectivity index (χ1) is 8.75. The molecule has 0 bridgehead atoms. The second-order valence-electron chi connectivity index (χ2n) is 4.65. The number of aryl methyl sites for hydroxylation is 3. The predicted octanol–water partition coefficient (Wildman–Crippen LogP) is 1.71. The first-order valence-electron chi connectivity index (χ1n) is 6.36. The van der Waals surface area contributed by atoms with Gasteiger partial charge in [0.1, 0.15) is 5.82 Å². The molecule has 0 radical (unpaired) electrons. The molecular weight excluding hydrogens is 224 g/mol. The molecule has 2 N–H and O–H groups in total. The lowest BCUT2D eigenvalue weighted by atomic mass is 10.0. The highest BCUT2D eigenvalue weighted by Gasteiger charge is 2.06. The van der Waals surface area contributed by atoms with Crippen molar-refractivity contribution < 1.29 is 0 Å². The number of hydrogen-bond donors (Lipinski definition) is 1. The van der Waals surface area contributed by atoms with Crippen LogP contribution in [0.15, 0.2) is 36.9 Å². The van der Waals surface area contributed by atoms with Crippen LogP contribution >= 0.6 is 0 Å². The van der Waals surface area contributed by atoms with Crippen molar-refractivity contribution >= 4 is 0 Å². The lowest BCUT2D eigenvalue weighted by molar-refractivity contribution is 0.554. The summed E-state index contributed by atoms with van der Waals surface area (Å²) >= 11 is 0. The SMILES string of the molecule is Cn1ccnc1CCC(N)CCc1cccnc1. The van der Waals surface area contributed by atoms with Crippen LogP contribution in [0.5, 0.6) is 0 Å². The van der Waals surface area contributed by atoms with Gasteiger partial charge in [-0.1, -0.05) is 6.07 Å². The van der Waals surface area contributed by atoms with Crippen molar-refractivity contribution in [2.24, 2.45) is 12.8 Å². The Bertz CT molecular complexity index is 464. The summed E-state index contributed by atoms with van der Waals surface area (Å²) in [6.07, 6.45) is 11.4. The molecule has 0 fully saturated rings. The Kier molecular flexibility index (Phi) is 4.47. The maximum Gasteiger partial charge on any atom is 0.108 e. The number of nitrogens with two attached hydrogens (primary N) is 1. The fourth-order valence-corrected chi connectivity index (χ4v) is 1.99. The van der Waals surface area contributed by atoms with Gasteiger partial charge in [-0.15, -0.1) is 0 Å². The van der Waals surface area contributed by atoms with Gasteiger partial charge in [0.25, 0.3) is 0 Å². The topological polar surface area (TPSA) is 56.7 Å². The Morgan fingerprint density at radius 3 is 2.78 bits per heavy atom. The van der Waals surface area contributed by atoms with Crippen molar-refractivity contribution in [3.63, 3.8) is 0 Å². The van der Waals surface area contributed by atoms with Crippen molar-refractivity contribution in [2.75, 3.05) is 0 Å². The summed E-state index contributed by atoms with van der Waals surface area (Å²) in [5, 5.41) is 0. The van der Waals surface area contributed by atoms with Crippen molar-refractivity contribution in [3.8, 4) is 0 Å². The predicted molar refractivity (Wildman–Crippen MR) is 72.1 cm³/mol. The lowest BCUT2D eigenvalue weighted by Crippen LogP contribution is -2.22. The number of hydrogen-bond acceptors (Lipinski definition) is 3. The van der Waals surface area contributed by atoms with Crippen LogP contribution in [0.3, 0.4) is 0 Å². The average Bonchev–Trinajstić information content (AvgIpc) is 2.81. The zero-order valence-corrected chi connectivity index (χ0v) is 10.8. The van der Waals surface area contributed by atoms with E-state index in [4.69, 9.17) is 5.73 Å². The number of pyridine rings is 1. The minimum Gasteiger partial charge on any atom is -0.338 e.